The van der Waals surface area contributed by atoms with Gasteiger partial charge in [0.05, 0.1) is 11.3 Å². The first-order chi connectivity index (χ1) is 12.0. The van der Waals surface area contributed by atoms with E-state index in [9.17, 15) is 9.18 Å². The normalized spacial score (nSPS) is 11.9. The van der Waals surface area contributed by atoms with Crippen molar-refractivity contribution < 1.29 is 18.3 Å². The third-order valence-corrected chi connectivity index (χ3v) is 3.38. The topological polar surface area (TPSA) is 104 Å². The van der Waals surface area contributed by atoms with Crippen molar-refractivity contribution in [1.29, 1.82) is 0 Å². The molecule has 0 bridgehead atoms. The van der Waals surface area contributed by atoms with Gasteiger partial charge in [-0.1, -0.05) is 0 Å². The molecule has 2 aromatic heterocycles. The van der Waals surface area contributed by atoms with Crippen molar-refractivity contribution in [2.24, 2.45) is 5.73 Å². The van der Waals surface area contributed by atoms with E-state index in [1.807, 2.05) is 0 Å². The molecule has 0 spiro atoms. The Morgan fingerprint density at radius 3 is 2.56 bits per heavy atom. The van der Waals surface area contributed by atoms with Crippen LogP contribution in [0.15, 0.2) is 47.0 Å². The number of pyridine rings is 1. The second-order valence-corrected chi connectivity index (χ2v) is 5.28. The zero-order valence-corrected chi connectivity index (χ0v) is 13.3. The van der Waals surface area contributed by atoms with E-state index in [-0.39, 0.29) is 18.4 Å². The first kappa shape index (κ1) is 16.6. The van der Waals surface area contributed by atoms with Gasteiger partial charge in [0.25, 0.3) is 5.89 Å². The highest BCUT2D eigenvalue weighted by Gasteiger charge is 2.14. The molecule has 1 aromatic carbocycles. The van der Waals surface area contributed by atoms with E-state index >= 15 is 0 Å². The van der Waals surface area contributed by atoms with Gasteiger partial charge >= 0.3 is 0 Å². The number of hydrogen-bond acceptors (Lipinski definition) is 6. The molecule has 0 saturated carbocycles. The Morgan fingerprint density at radius 1 is 1.24 bits per heavy atom. The molecule has 2 N–H and O–H groups in total. The van der Waals surface area contributed by atoms with Crippen LogP contribution in [0.5, 0.6) is 5.75 Å². The van der Waals surface area contributed by atoms with E-state index < -0.39 is 12.1 Å². The standard InChI is InChI=1S/C17H15FN4O3/c1-10(18)16-21-22-17(25-16)12-2-5-13(20-8-12)9-24-14-6-3-11(4-7-14)15(19)23/h2-8,10H,9H2,1H3,(H2,19,23). The van der Waals surface area contributed by atoms with E-state index in [0.29, 0.717) is 22.6 Å². The van der Waals surface area contributed by atoms with E-state index in [4.69, 9.17) is 14.9 Å². The number of halogens is 1. The van der Waals surface area contributed by atoms with Crippen molar-refractivity contribution in [2.45, 2.75) is 19.7 Å². The van der Waals surface area contributed by atoms with Crippen LogP contribution in [-0.4, -0.2) is 21.1 Å². The molecular weight excluding hydrogens is 327 g/mol. The van der Waals surface area contributed by atoms with Crippen LogP contribution >= 0.6 is 0 Å². The number of nitrogens with two attached hydrogens (primary N) is 1. The summed E-state index contributed by atoms with van der Waals surface area (Å²) >= 11 is 0. The minimum Gasteiger partial charge on any atom is -0.487 e. The van der Waals surface area contributed by atoms with Gasteiger partial charge in [-0.15, -0.1) is 10.2 Å². The zero-order chi connectivity index (χ0) is 17.8. The molecule has 1 amide bonds. The molecule has 0 aliphatic rings. The lowest BCUT2D eigenvalue weighted by atomic mass is 10.2. The minimum atomic E-state index is -1.32. The summed E-state index contributed by atoms with van der Waals surface area (Å²) in [6.45, 7) is 1.57. The molecule has 3 rings (SSSR count). The van der Waals surface area contributed by atoms with Crippen molar-refractivity contribution in [3.8, 4) is 17.2 Å². The zero-order valence-electron chi connectivity index (χ0n) is 13.3. The Bertz CT molecular complexity index is 860. The highest BCUT2D eigenvalue weighted by atomic mass is 19.1. The molecule has 0 aliphatic heterocycles. The monoisotopic (exact) mass is 342 g/mol. The largest absolute Gasteiger partial charge is 0.487 e. The lowest BCUT2D eigenvalue weighted by molar-refractivity contribution is 0.1000. The Hall–Kier alpha value is -3.29. The fraction of sp³-hybridized carbons (Fsp3) is 0.176. The van der Waals surface area contributed by atoms with Gasteiger partial charge in [-0.3, -0.25) is 9.78 Å². The van der Waals surface area contributed by atoms with Crippen molar-refractivity contribution in [3.63, 3.8) is 0 Å². The Labute approximate surface area is 142 Å². The van der Waals surface area contributed by atoms with E-state index in [1.165, 1.54) is 6.92 Å². The van der Waals surface area contributed by atoms with Gasteiger partial charge < -0.3 is 14.9 Å². The molecule has 8 heteroatoms. The van der Waals surface area contributed by atoms with Crippen molar-refractivity contribution in [3.05, 3.63) is 59.7 Å². The van der Waals surface area contributed by atoms with Crippen LogP contribution in [0.4, 0.5) is 4.39 Å². The smallest absolute Gasteiger partial charge is 0.250 e. The molecular formula is C17H15FN4O3. The van der Waals surface area contributed by atoms with Gasteiger partial charge in [0, 0.05) is 11.8 Å². The van der Waals surface area contributed by atoms with E-state index in [0.717, 1.165) is 0 Å². The fourth-order valence-corrected chi connectivity index (χ4v) is 2.02. The summed E-state index contributed by atoms with van der Waals surface area (Å²) in [5, 5.41) is 7.42. The summed E-state index contributed by atoms with van der Waals surface area (Å²) in [6, 6.07) is 9.98. The molecule has 0 radical (unpaired) electrons. The van der Waals surface area contributed by atoms with Crippen LogP contribution in [-0.2, 0) is 6.61 Å². The van der Waals surface area contributed by atoms with Crippen LogP contribution in [0, 0.1) is 0 Å². The molecule has 7 nitrogen and oxygen atoms in total. The molecule has 0 aliphatic carbocycles. The third kappa shape index (κ3) is 3.97. The highest BCUT2D eigenvalue weighted by Crippen LogP contribution is 2.22. The van der Waals surface area contributed by atoms with E-state index in [1.54, 1.807) is 42.6 Å². The molecule has 1 unspecified atom stereocenters. The van der Waals surface area contributed by atoms with Gasteiger partial charge in [0.1, 0.15) is 12.4 Å². The fourth-order valence-electron chi connectivity index (χ4n) is 2.02. The summed E-state index contributed by atoms with van der Waals surface area (Å²) in [5.41, 5.74) is 6.87. The molecule has 128 valence electrons. The number of nitrogens with zero attached hydrogens (tertiary/aromatic N) is 3. The van der Waals surface area contributed by atoms with Gasteiger partial charge in [-0.05, 0) is 43.3 Å². The van der Waals surface area contributed by atoms with Crippen molar-refractivity contribution >= 4 is 5.91 Å². The average molecular weight is 342 g/mol. The Balaban J connectivity index is 1.63. The third-order valence-electron chi connectivity index (χ3n) is 3.38. The van der Waals surface area contributed by atoms with Gasteiger partial charge in [0.15, 0.2) is 6.17 Å². The maximum absolute atomic E-state index is 13.1. The summed E-state index contributed by atoms with van der Waals surface area (Å²) in [6.07, 6.45) is 0.234. The van der Waals surface area contributed by atoms with Gasteiger partial charge in [0.2, 0.25) is 11.8 Å². The average Bonchev–Trinajstić information content (AvgIpc) is 3.11. The maximum atomic E-state index is 13.1. The molecule has 0 fully saturated rings. The Morgan fingerprint density at radius 2 is 2.00 bits per heavy atom. The second-order valence-electron chi connectivity index (χ2n) is 5.28. The van der Waals surface area contributed by atoms with Crippen LogP contribution in [0.2, 0.25) is 0 Å². The van der Waals surface area contributed by atoms with Gasteiger partial charge in [-0.2, -0.15) is 0 Å². The van der Waals surface area contributed by atoms with Crippen LogP contribution in [0.25, 0.3) is 11.5 Å². The molecule has 1 atom stereocenters. The summed E-state index contributed by atoms with van der Waals surface area (Å²) in [5.74, 6) is 0.243. The second kappa shape index (κ2) is 7.08. The lowest BCUT2D eigenvalue weighted by Gasteiger charge is -2.06. The summed E-state index contributed by atoms with van der Waals surface area (Å²) in [7, 11) is 0. The molecule has 2 heterocycles. The van der Waals surface area contributed by atoms with Gasteiger partial charge in [-0.25, -0.2) is 4.39 Å². The summed E-state index contributed by atoms with van der Waals surface area (Å²) < 4.78 is 23.9. The number of benzene rings is 1. The van der Waals surface area contributed by atoms with E-state index in [2.05, 4.69) is 15.2 Å². The van der Waals surface area contributed by atoms with Crippen molar-refractivity contribution in [1.82, 2.24) is 15.2 Å². The number of aromatic nitrogens is 3. The number of carbonyl (C=O) groups is 1. The number of hydrogen-bond donors (Lipinski definition) is 1. The number of ether oxygens (including phenoxy) is 1. The predicted octanol–water partition coefficient (Wildman–Crippen LogP) is 2.84. The predicted molar refractivity (Wildman–Crippen MR) is 86.3 cm³/mol. The minimum absolute atomic E-state index is 0.0678. The molecule has 0 saturated heterocycles. The quantitative estimate of drug-likeness (QED) is 0.738. The number of carbonyl (C=O) groups excluding carboxylic acids is 1. The van der Waals surface area contributed by atoms with Crippen LogP contribution in [0.3, 0.4) is 0 Å². The number of amides is 1. The molecule has 25 heavy (non-hydrogen) atoms. The number of primary amides is 1. The lowest BCUT2D eigenvalue weighted by Crippen LogP contribution is -2.10. The Kier molecular flexibility index (Phi) is 4.69. The van der Waals surface area contributed by atoms with Crippen LogP contribution in [0.1, 0.15) is 35.0 Å². The number of alkyl halides is 1. The SMILES string of the molecule is CC(F)c1nnc(-c2ccc(COc3ccc(C(N)=O)cc3)nc2)o1. The highest BCUT2D eigenvalue weighted by molar-refractivity contribution is 5.92. The summed E-state index contributed by atoms with van der Waals surface area (Å²) in [4.78, 5) is 15.3. The molecule has 3 aromatic rings. The maximum Gasteiger partial charge on any atom is 0.250 e. The first-order valence-electron chi connectivity index (χ1n) is 7.48. The number of rotatable bonds is 6. The van der Waals surface area contributed by atoms with Crippen molar-refractivity contribution in [2.75, 3.05) is 0 Å². The first-order valence-corrected chi connectivity index (χ1v) is 7.48. The van der Waals surface area contributed by atoms with Crippen LogP contribution < -0.4 is 10.5 Å².